The molecule has 1 heteroatoms. The van der Waals surface area contributed by atoms with Gasteiger partial charge in [-0.2, -0.15) is 0 Å². The van der Waals surface area contributed by atoms with Crippen molar-refractivity contribution >= 4 is 17.1 Å². The first-order valence-corrected chi connectivity index (χ1v) is 10.3. The molecule has 5 rings (SSSR count). The minimum absolute atomic E-state index is 0.416. The summed E-state index contributed by atoms with van der Waals surface area (Å²) in [4.78, 5) is 2.36. The van der Waals surface area contributed by atoms with Gasteiger partial charge in [0.25, 0.3) is 0 Å². The van der Waals surface area contributed by atoms with Crippen LogP contribution in [0.4, 0.5) is 17.1 Å². The lowest BCUT2D eigenvalue weighted by Gasteiger charge is -2.26. The molecule has 4 aromatic carbocycles. The number of aryl methyl sites for hydroxylation is 2. The van der Waals surface area contributed by atoms with Crippen LogP contribution in [0.15, 0.2) is 91.0 Å². The van der Waals surface area contributed by atoms with Crippen LogP contribution in [0.2, 0.25) is 0 Å². The van der Waals surface area contributed by atoms with Crippen molar-refractivity contribution in [1.29, 1.82) is 0 Å². The number of hydrogen-bond donors (Lipinski definition) is 0. The number of hydrogen-bond acceptors (Lipinski definition) is 1. The van der Waals surface area contributed by atoms with Crippen LogP contribution in [0.3, 0.4) is 0 Å². The van der Waals surface area contributed by atoms with Crippen molar-refractivity contribution in [3.63, 3.8) is 0 Å². The van der Waals surface area contributed by atoms with E-state index in [0.717, 1.165) is 0 Å². The van der Waals surface area contributed by atoms with E-state index >= 15 is 0 Å². The molecule has 0 heterocycles. The van der Waals surface area contributed by atoms with Crippen molar-refractivity contribution in [2.75, 3.05) is 4.90 Å². The van der Waals surface area contributed by atoms with Gasteiger partial charge in [-0.05, 0) is 72.5 Å². The maximum atomic E-state index is 2.37. The summed E-state index contributed by atoms with van der Waals surface area (Å²) in [7, 11) is 0. The minimum Gasteiger partial charge on any atom is -0.310 e. The van der Waals surface area contributed by atoms with Crippen LogP contribution in [-0.2, 0) is 0 Å². The van der Waals surface area contributed by atoms with E-state index in [1.807, 2.05) is 0 Å². The zero-order chi connectivity index (χ0) is 20.0. The third kappa shape index (κ3) is 3.03. The molecule has 4 aromatic rings. The first-order valence-electron chi connectivity index (χ1n) is 10.3. The summed E-state index contributed by atoms with van der Waals surface area (Å²) in [6.45, 7) is 6.58. The van der Waals surface area contributed by atoms with Crippen LogP contribution >= 0.6 is 0 Å². The Morgan fingerprint density at radius 2 is 1.07 bits per heavy atom. The van der Waals surface area contributed by atoms with E-state index in [9.17, 15) is 0 Å². The monoisotopic (exact) mass is 375 g/mol. The lowest BCUT2D eigenvalue weighted by atomic mass is 9.98. The average Bonchev–Trinajstić information content (AvgIpc) is 3.03. The predicted molar refractivity (Wildman–Crippen MR) is 124 cm³/mol. The van der Waals surface area contributed by atoms with Gasteiger partial charge < -0.3 is 4.90 Å². The lowest BCUT2D eigenvalue weighted by Crippen LogP contribution is -2.10. The largest absolute Gasteiger partial charge is 0.310 e. The Hall–Kier alpha value is -3.32. The molecule has 0 N–H and O–H groups in total. The summed E-state index contributed by atoms with van der Waals surface area (Å²) in [5.41, 5.74) is 11.7. The van der Waals surface area contributed by atoms with Crippen molar-refractivity contribution in [2.24, 2.45) is 0 Å². The van der Waals surface area contributed by atoms with Gasteiger partial charge in [0.15, 0.2) is 0 Å². The van der Waals surface area contributed by atoms with Gasteiger partial charge in [0.1, 0.15) is 0 Å². The summed E-state index contributed by atoms with van der Waals surface area (Å²) in [6, 6.07) is 33.3. The van der Waals surface area contributed by atoms with E-state index in [0.29, 0.717) is 5.92 Å². The van der Waals surface area contributed by atoms with Gasteiger partial charge in [-0.3, -0.25) is 0 Å². The first-order chi connectivity index (χ1) is 14.1. The van der Waals surface area contributed by atoms with E-state index in [2.05, 4.69) is 117 Å². The molecule has 29 heavy (non-hydrogen) atoms. The van der Waals surface area contributed by atoms with E-state index in [1.54, 1.807) is 0 Å². The van der Waals surface area contributed by atoms with Gasteiger partial charge in [-0.1, -0.05) is 72.6 Å². The molecule has 0 amide bonds. The maximum absolute atomic E-state index is 2.37. The normalized spacial score (nSPS) is 14.4. The standard InChI is InChI=1S/C28H25N/c1-19-8-12-22(13-9-19)29(23-14-10-20(2)11-15-23)24-16-17-27-26-7-5-4-6-25(26)21(3)28(27)18-24/h4-18,21H,1-3H3. The summed E-state index contributed by atoms with van der Waals surface area (Å²) in [5.74, 6) is 0.416. The molecule has 0 bridgehead atoms. The first kappa shape index (κ1) is 17.8. The second kappa shape index (κ2) is 6.93. The van der Waals surface area contributed by atoms with Crippen molar-refractivity contribution in [3.05, 3.63) is 113 Å². The van der Waals surface area contributed by atoms with Crippen LogP contribution in [0.5, 0.6) is 0 Å². The smallest absolute Gasteiger partial charge is 0.0465 e. The van der Waals surface area contributed by atoms with E-state index in [4.69, 9.17) is 0 Å². The molecule has 1 nitrogen and oxygen atoms in total. The highest BCUT2D eigenvalue weighted by Gasteiger charge is 2.26. The average molecular weight is 376 g/mol. The molecule has 1 unspecified atom stereocenters. The molecule has 1 aliphatic rings. The zero-order valence-electron chi connectivity index (χ0n) is 17.2. The number of fused-ring (bicyclic) bond motifs is 3. The Balaban J connectivity index is 1.66. The van der Waals surface area contributed by atoms with E-state index in [1.165, 1.54) is 50.4 Å². The van der Waals surface area contributed by atoms with Crippen molar-refractivity contribution in [2.45, 2.75) is 26.7 Å². The van der Waals surface area contributed by atoms with E-state index in [-0.39, 0.29) is 0 Å². The number of benzene rings is 4. The highest BCUT2D eigenvalue weighted by atomic mass is 15.1. The Bertz CT molecular complexity index is 1120. The summed E-state index contributed by atoms with van der Waals surface area (Å²) in [5, 5.41) is 0. The van der Waals surface area contributed by atoms with Crippen LogP contribution < -0.4 is 4.90 Å². The Morgan fingerprint density at radius 3 is 1.69 bits per heavy atom. The van der Waals surface area contributed by atoms with Crippen molar-refractivity contribution in [1.82, 2.24) is 0 Å². The topological polar surface area (TPSA) is 3.24 Å². The quantitative estimate of drug-likeness (QED) is 0.352. The number of nitrogens with zero attached hydrogens (tertiary/aromatic N) is 1. The molecule has 0 aliphatic heterocycles. The third-order valence-corrected chi connectivity index (χ3v) is 6.06. The molecule has 0 radical (unpaired) electrons. The highest BCUT2D eigenvalue weighted by Crippen LogP contribution is 2.47. The van der Waals surface area contributed by atoms with Crippen LogP contribution in [-0.4, -0.2) is 0 Å². The van der Waals surface area contributed by atoms with Crippen LogP contribution in [0.25, 0.3) is 11.1 Å². The fourth-order valence-corrected chi connectivity index (χ4v) is 4.42. The van der Waals surface area contributed by atoms with Crippen LogP contribution in [0.1, 0.15) is 35.1 Å². The molecule has 1 aliphatic carbocycles. The van der Waals surface area contributed by atoms with Gasteiger partial charge in [-0.25, -0.2) is 0 Å². The summed E-state index contributed by atoms with van der Waals surface area (Å²) >= 11 is 0. The van der Waals surface area contributed by atoms with Crippen molar-refractivity contribution < 1.29 is 0 Å². The van der Waals surface area contributed by atoms with Gasteiger partial charge in [0.2, 0.25) is 0 Å². The molecule has 0 fully saturated rings. The molecule has 142 valence electrons. The Labute approximate surface area is 173 Å². The molecule has 0 spiro atoms. The fraction of sp³-hybridized carbons (Fsp3) is 0.143. The molecular formula is C28H25N. The maximum Gasteiger partial charge on any atom is 0.0465 e. The lowest BCUT2D eigenvalue weighted by molar-refractivity contribution is 0.956. The zero-order valence-corrected chi connectivity index (χ0v) is 17.2. The molecule has 0 saturated heterocycles. The van der Waals surface area contributed by atoms with Gasteiger partial charge >= 0.3 is 0 Å². The van der Waals surface area contributed by atoms with Gasteiger partial charge in [-0.15, -0.1) is 0 Å². The second-order valence-electron chi connectivity index (χ2n) is 8.09. The number of anilines is 3. The molecule has 1 atom stereocenters. The highest BCUT2D eigenvalue weighted by molar-refractivity contribution is 5.84. The molecule has 0 aromatic heterocycles. The second-order valence-corrected chi connectivity index (χ2v) is 8.09. The third-order valence-electron chi connectivity index (χ3n) is 6.06. The minimum atomic E-state index is 0.416. The van der Waals surface area contributed by atoms with Crippen molar-refractivity contribution in [3.8, 4) is 11.1 Å². The Kier molecular flexibility index (Phi) is 4.24. The van der Waals surface area contributed by atoms with Gasteiger partial charge in [0, 0.05) is 23.0 Å². The van der Waals surface area contributed by atoms with E-state index < -0.39 is 0 Å². The molecular weight excluding hydrogens is 350 g/mol. The summed E-state index contributed by atoms with van der Waals surface area (Å²) in [6.07, 6.45) is 0. The van der Waals surface area contributed by atoms with Gasteiger partial charge in [0.05, 0.1) is 0 Å². The predicted octanol–water partition coefficient (Wildman–Crippen LogP) is 7.91. The number of rotatable bonds is 3. The SMILES string of the molecule is Cc1ccc(N(c2ccc(C)cc2)c2ccc3c(c2)C(C)c2ccccc2-3)cc1. The fourth-order valence-electron chi connectivity index (χ4n) is 4.42. The summed E-state index contributed by atoms with van der Waals surface area (Å²) < 4.78 is 0. The molecule has 0 saturated carbocycles. The Morgan fingerprint density at radius 1 is 0.552 bits per heavy atom. The van der Waals surface area contributed by atoms with Crippen LogP contribution in [0, 0.1) is 13.8 Å².